The Bertz CT molecular complexity index is 692. The first kappa shape index (κ1) is 16.8. The van der Waals surface area contributed by atoms with Crippen molar-refractivity contribution in [2.75, 3.05) is 16.4 Å². The third-order valence-corrected chi connectivity index (χ3v) is 3.84. The highest BCUT2D eigenvalue weighted by atomic mass is 32.2. The molecular formula is C16H16FN3O2S. The quantitative estimate of drug-likeness (QED) is 0.708. The molecule has 2 aromatic carbocycles. The van der Waals surface area contributed by atoms with Gasteiger partial charge < -0.3 is 16.4 Å². The van der Waals surface area contributed by atoms with Crippen LogP contribution in [0.3, 0.4) is 0 Å². The zero-order valence-corrected chi connectivity index (χ0v) is 13.0. The van der Waals surface area contributed by atoms with Crippen LogP contribution in [0.1, 0.15) is 6.42 Å². The molecule has 0 spiro atoms. The van der Waals surface area contributed by atoms with Gasteiger partial charge in [0.2, 0.25) is 5.91 Å². The number of benzene rings is 2. The number of carbonyl (C=O) groups is 2. The highest BCUT2D eigenvalue weighted by Crippen LogP contribution is 2.20. The van der Waals surface area contributed by atoms with Crippen molar-refractivity contribution in [3.63, 3.8) is 0 Å². The Morgan fingerprint density at radius 3 is 2.35 bits per heavy atom. The lowest BCUT2D eigenvalue weighted by Crippen LogP contribution is -2.19. The summed E-state index contributed by atoms with van der Waals surface area (Å²) in [6.45, 7) is 0. The minimum Gasteiger partial charge on any atom is -0.351 e. The van der Waals surface area contributed by atoms with Gasteiger partial charge >= 0.3 is 6.03 Å². The molecule has 0 aliphatic carbocycles. The molecule has 3 amide bonds. The van der Waals surface area contributed by atoms with Crippen LogP contribution in [0.4, 0.5) is 20.6 Å². The Morgan fingerprint density at radius 1 is 1.04 bits per heavy atom. The van der Waals surface area contributed by atoms with E-state index in [1.54, 1.807) is 36.4 Å². The van der Waals surface area contributed by atoms with Gasteiger partial charge in [0.15, 0.2) is 0 Å². The predicted molar refractivity (Wildman–Crippen MR) is 90.0 cm³/mol. The number of hydrogen-bond donors (Lipinski definition) is 3. The van der Waals surface area contributed by atoms with E-state index < -0.39 is 6.03 Å². The van der Waals surface area contributed by atoms with Gasteiger partial charge in [-0.1, -0.05) is 6.07 Å². The highest BCUT2D eigenvalue weighted by Gasteiger charge is 2.04. The molecule has 2 aromatic rings. The molecule has 0 unspecified atom stereocenters. The lowest BCUT2D eigenvalue weighted by molar-refractivity contribution is -0.115. The van der Waals surface area contributed by atoms with Crippen molar-refractivity contribution in [3.8, 4) is 0 Å². The van der Waals surface area contributed by atoms with Crippen LogP contribution in [0.2, 0.25) is 0 Å². The van der Waals surface area contributed by atoms with Gasteiger partial charge in [0.05, 0.1) is 0 Å². The van der Waals surface area contributed by atoms with Gasteiger partial charge in [-0.25, -0.2) is 9.18 Å². The molecule has 5 nitrogen and oxygen atoms in total. The van der Waals surface area contributed by atoms with Gasteiger partial charge in [0.25, 0.3) is 0 Å². The normalized spacial score (nSPS) is 10.1. The predicted octanol–water partition coefficient (Wildman–Crippen LogP) is 3.44. The van der Waals surface area contributed by atoms with Crippen molar-refractivity contribution >= 4 is 35.1 Å². The van der Waals surface area contributed by atoms with Gasteiger partial charge in [-0.05, 0) is 42.5 Å². The van der Waals surface area contributed by atoms with Gasteiger partial charge in [0, 0.05) is 28.4 Å². The van der Waals surface area contributed by atoms with Gasteiger partial charge in [-0.2, -0.15) is 0 Å². The summed E-state index contributed by atoms with van der Waals surface area (Å²) in [6, 6.07) is 12.2. The second-order valence-electron chi connectivity index (χ2n) is 4.67. The summed E-state index contributed by atoms with van der Waals surface area (Å²) in [5.74, 6) is 0.156. The Balaban J connectivity index is 1.80. The number of primary amides is 1. The van der Waals surface area contributed by atoms with E-state index in [0.29, 0.717) is 23.5 Å². The maximum absolute atomic E-state index is 12.8. The molecule has 0 saturated heterocycles. The molecular weight excluding hydrogens is 317 g/mol. The molecule has 7 heteroatoms. The van der Waals surface area contributed by atoms with Gasteiger partial charge in [0.1, 0.15) is 5.82 Å². The van der Waals surface area contributed by atoms with Crippen molar-refractivity contribution in [1.29, 1.82) is 0 Å². The lowest BCUT2D eigenvalue weighted by Gasteiger charge is -2.07. The molecule has 0 aliphatic heterocycles. The number of carbonyl (C=O) groups excluding carboxylic acids is 2. The zero-order valence-electron chi connectivity index (χ0n) is 12.2. The van der Waals surface area contributed by atoms with E-state index in [-0.39, 0.29) is 11.7 Å². The zero-order chi connectivity index (χ0) is 16.7. The fourth-order valence-electron chi connectivity index (χ4n) is 1.83. The number of halogens is 1. The molecule has 120 valence electrons. The number of nitrogens with two attached hydrogens (primary N) is 1. The van der Waals surface area contributed by atoms with E-state index in [2.05, 4.69) is 10.6 Å². The first-order valence-corrected chi connectivity index (χ1v) is 7.86. The van der Waals surface area contributed by atoms with Crippen LogP contribution in [0, 0.1) is 5.82 Å². The van der Waals surface area contributed by atoms with Crippen LogP contribution in [0.25, 0.3) is 0 Å². The topological polar surface area (TPSA) is 84.2 Å². The van der Waals surface area contributed by atoms with Crippen molar-refractivity contribution < 1.29 is 14.0 Å². The van der Waals surface area contributed by atoms with Crippen molar-refractivity contribution in [2.45, 2.75) is 11.3 Å². The number of urea groups is 1. The van der Waals surface area contributed by atoms with E-state index in [1.165, 1.54) is 23.9 Å². The molecule has 0 aliphatic rings. The maximum atomic E-state index is 12.8. The molecule has 0 aromatic heterocycles. The number of amides is 3. The summed E-state index contributed by atoms with van der Waals surface area (Å²) in [5.41, 5.74) is 6.13. The fraction of sp³-hybridized carbons (Fsp3) is 0.125. The van der Waals surface area contributed by atoms with Gasteiger partial charge in [-0.15, -0.1) is 11.8 Å². The van der Waals surface area contributed by atoms with E-state index >= 15 is 0 Å². The molecule has 0 saturated carbocycles. The summed E-state index contributed by atoms with van der Waals surface area (Å²) in [5, 5.41) is 5.19. The third kappa shape index (κ3) is 5.99. The van der Waals surface area contributed by atoms with Crippen LogP contribution in [0.15, 0.2) is 53.4 Å². The SMILES string of the molecule is NC(=O)Nc1cccc(NC(=O)CCSc2ccc(F)cc2)c1. The van der Waals surface area contributed by atoms with Crippen LogP contribution < -0.4 is 16.4 Å². The van der Waals surface area contributed by atoms with E-state index in [0.717, 1.165) is 4.90 Å². The smallest absolute Gasteiger partial charge is 0.316 e. The molecule has 0 heterocycles. The van der Waals surface area contributed by atoms with Crippen molar-refractivity contribution in [3.05, 3.63) is 54.3 Å². The third-order valence-electron chi connectivity index (χ3n) is 2.83. The molecule has 0 fully saturated rings. The average molecular weight is 333 g/mol. The average Bonchev–Trinajstić information content (AvgIpc) is 2.49. The minimum absolute atomic E-state index is 0.143. The van der Waals surface area contributed by atoms with Crippen LogP contribution in [-0.2, 0) is 4.79 Å². The Kier molecular flexibility index (Phi) is 5.99. The standard InChI is InChI=1S/C16H16FN3O2S/c17-11-4-6-14(7-5-11)23-9-8-15(21)19-12-2-1-3-13(10-12)20-16(18)22/h1-7,10H,8-9H2,(H,19,21)(H3,18,20,22). The molecule has 23 heavy (non-hydrogen) atoms. The molecule has 2 rings (SSSR count). The summed E-state index contributed by atoms with van der Waals surface area (Å²) < 4.78 is 12.8. The van der Waals surface area contributed by atoms with E-state index in [9.17, 15) is 14.0 Å². The molecule has 0 bridgehead atoms. The van der Waals surface area contributed by atoms with E-state index in [1.807, 2.05) is 0 Å². The molecule has 0 atom stereocenters. The van der Waals surface area contributed by atoms with Crippen molar-refractivity contribution in [2.24, 2.45) is 5.73 Å². The second-order valence-corrected chi connectivity index (χ2v) is 5.84. The summed E-state index contributed by atoms with van der Waals surface area (Å²) in [7, 11) is 0. The second kappa shape index (κ2) is 8.19. The Morgan fingerprint density at radius 2 is 1.70 bits per heavy atom. The lowest BCUT2D eigenvalue weighted by atomic mass is 10.2. The maximum Gasteiger partial charge on any atom is 0.316 e. The Labute approximate surface area is 137 Å². The number of anilines is 2. The van der Waals surface area contributed by atoms with Gasteiger partial charge in [-0.3, -0.25) is 4.79 Å². The number of rotatable bonds is 6. The number of nitrogens with one attached hydrogen (secondary N) is 2. The summed E-state index contributed by atoms with van der Waals surface area (Å²) in [4.78, 5) is 23.6. The largest absolute Gasteiger partial charge is 0.351 e. The molecule has 4 N–H and O–H groups in total. The minimum atomic E-state index is -0.663. The number of hydrogen-bond acceptors (Lipinski definition) is 3. The van der Waals surface area contributed by atoms with Crippen LogP contribution >= 0.6 is 11.8 Å². The first-order valence-electron chi connectivity index (χ1n) is 6.87. The number of thioether (sulfide) groups is 1. The van der Waals surface area contributed by atoms with Crippen LogP contribution in [0.5, 0.6) is 0 Å². The fourth-order valence-corrected chi connectivity index (χ4v) is 2.68. The van der Waals surface area contributed by atoms with Crippen molar-refractivity contribution in [1.82, 2.24) is 0 Å². The monoisotopic (exact) mass is 333 g/mol. The highest BCUT2D eigenvalue weighted by molar-refractivity contribution is 7.99. The summed E-state index contributed by atoms with van der Waals surface area (Å²) in [6.07, 6.45) is 0.315. The molecule has 0 radical (unpaired) electrons. The first-order chi connectivity index (χ1) is 11.0. The Hall–Kier alpha value is -2.54. The van der Waals surface area contributed by atoms with E-state index in [4.69, 9.17) is 5.73 Å². The van der Waals surface area contributed by atoms with Crippen LogP contribution in [-0.4, -0.2) is 17.7 Å². The summed E-state index contributed by atoms with van der Waals surface area (Å²) >= 11 is 1.48.